The van der Waals surface area contributed by atoms with Crippen LogP contribution in [-0.4, -0.2) is 36.7 Å². The fourth-order valence-corrected chi connectivity index (χ4v) is 2.63. The first-order valence-electron chi connectivity index (χ1n) is 6.51. The number of aliphatic carboxylic acids is 1. The van der Waals surface area contributed by atoms with Crippen LogP contribution in [0.4, 0.5) is 0 Å². The summed E-state index contributed by atoms with van der Waals surface area (Å²) >= 11 is 0. The van der Waals surface area contributed by atoms with Gasteiger partial charge in [0.2, 0.25) is 5.91 Å². The number of methoxy groups -OCH3 is 1. The highest BCUT2D eigenvalue weighted by Gasteiger charge is 2.41. The molecule has 1 fully saturated rings. The molecule has 0 spiro atoms. The van der Waals surface area contributed by atoms with Gasteiger partial charge >= 0.3 is 5.97 Å². The Morgan fingerprint density at radius 2 is 2.00 bits per heavy atom. The highest BCUT2D eigenvalue weighted by Crippen LogP contribution is 2.36. The molecule has 0 heterocycles. The fraction of sp³-hybridized carbons (Fsp3) is 0.846. The molecular formula is C13H23NO4. The maximum absolute atomic E-state index is 12.1. The predicted molar refractivity (Wildman–Crippen MR) is 67.1 cm³/mol. The van der Waals surface area contributed by atoms with Crippen LogP contribution in [0.1, 0.15) is 33.1 Å². The molecule has 5 heteroatoms. The molecule has 0 radical (unpaired) electrons. The molecule has 1 aliphatic rings. The lowest BCUT2D eigenvalue weighted by atomic mass is 9.95. The molecule has 18 heavy (non-hydrogen) atoms. The highest BCUT2D eigenvalue weighted by molar-refractivity contribution is 5.85. The van der Waals surface area contributed by atoms with Crippen molar-refractivity contribution in [2.24, 2.45) is 17.8 Å². The number of carboxylic acid groups (broad SMARTS) is 1. The van der Waals surface area contributed by atoms with Crippen LogP contribution in [0.3, 0.4) is 0 Å². The van der Waals surface area contributed by atoms with Crippen LogP contribution in [0, 0.1) is 17.8 Å². The molecule has 0 aromatic carbocycles. The average molecular weight is 257 g/mol. The van der Waals surface area contributed by atoms with E-state index in [2.05, 4.69) is 5.32 Å². The van der Waals surface area contributed by atoms with Gasteiger partial charge < -0.3 is 15.2 Å². The zero-order valence-corrected chi connectivity index (χ0v) is 11.3. The number of rotatable bonds is 6. The summed E-state index contributed by atoms with van der Waals surface area (Å²) in [6, 6.07) is -0.0344. The Kier molecular flexibility index (Phi) is 5.59. The molecular weight excluding hydrogens is 234 g/mol. The Labute approximate surface area is 108 Å². The van der Waals surface area contributed by atoms with Crippen molar-refractivity contribution < 1.29 is 19.4 Å². The zero-order chi connectivity index (χ0) is 13.7. The fourth-order valence-electron chi connectivity index (χ4n) is 2.63. The number of amides is 1. The number of carbonyl (C=O) groups excluding carboxylic acids is 1. The molecule has 1 rings (SSSR count). The topological polar surface area (TPSA) is 75.6 Å². The largest absolute Gasteiger partial charge is 0.481 e. The van der Waals surface area contributed by atoms with Crippen molar-refractivity contribution in [3.63, 3.8) is 0 Å². The highest BCUT2D eigenvalue weighted by atomic mass is 16.5. The van der Waals surface area contributed by atoms with Crippen LogP contribution in [0.25, 0.3) is 0 Å². The molecule has 0 saturated heterocycles. The molecule has 0 bridgehead atoms. The molecule has 1 aliphatic carbocycles. The maximum Gasteiger partial charge on any atom is 0.307 e. The molecule has 0 aromatic heterocycles. The van der Waals surface area contributed by atoms with E-state index in [1.54, 1.807) is 7.11 Å². The average Bonchev–Trinajstić information content (AvgIpc) is 2.71. The van der Waals surface area contributed by atoms with E-state index in [4.69, 9.17) is 9.84 Å². The van der Waals surface area contributed by atoms with Gasteiger partial charge in [0.1, 0.15) is 0 Å². The van der Waals surface area contributed by atoms with Crippen LogP contribution in [0.15, 0.2) is 0 Å². The Balaban J connectivity index is 2.61. The number of carboxylic acids is 1. The third kappa shape index (κ3) is 3.70. The summed E-state index contributed by atoms with van der Waals surface area (Å²) in [5.41, 5.74) is 0. The minimum absolute atomic E-state index is 0.0344. The van der Waals surface area contributed by atoms with Gasteiger partial charge in [0, 0.05) is 7.11 Å². The summed E-state index contributed by atoms with van der Waals surface area (Å²) in [7, 11) is 1.59. The Hall–Kier alpha value is -1.10. The van der Waals surface area contributed by atoms with Gasteiger partial charge in [0.25, 0.3) is 0 Å². The SMILES string of the molecule is CCC(COC)NC(=O)[C@H]1CC(C)C[C@H]1C(=O)O. The number of ether oxygens (including phenoxy) is 1. The van der Waals surface area contributed by atoms with Crippen LogP contribution in [0.2, 0.25) is 0 Å². The van der Waals surface area contributed by atoms with E-state index in [0.29, 0.717) is 25.4 Å². The molecule has 4 atom stereocenters. The van der Waals surface area contributed by atoms with E-state index >= 15 is 0 Å². The van der Waals surface area contributed by atoms with E-state index in [0.717, 1.165) is 6.42 Å². The van der Waals surface area contributed by atoms with Crippen molar-refractivity contribution in [3.8, 4) is 0 Å². The first kappa shape index (κ1) is 15.0. The molecule has 0 aliphatic heterocycles. The van der Waals surface area contributed by atoms with Crippen molar-refractivity contribution >= 4 is 11.9 Å². The monoisotopic (exact) mass is 257 g/mol. The Morgan fingerprint density at radius 1 is 1.39 bits per heavy atom. The molecule has 2 N–H and O–H groups in total. The van der Waals surface area contributed by atoms with E-state index < -0.39 is 17.8 Å². The lowest BCUT2D eigenvalue weighted by Crippen LogP contribution is -2.43. The van der Waals surface area contributed by atoms with Crippen molar-refractivity contribution in [2.45, 2.75) is 39.2 Å². The third-order valence-corrected chi connectivity index (χ3v) is 3.66. The van der Waals surface area contributed by atoms with Crippen molar-refractivity contribution in [1.29, 1.82) is 0 Å². The lowest BCUT2D eigenvalue weighted by Gasteiger charge is -2.21. The quantitative estimate of drug-likeness (QED) is 0.751. The second-order valence-corrected chi connectivity index (χ2v) is 5.20. The standard InChI is InChI=1S/C13H23NO4/c1-4-9(7-18-3)14-12(15)10-5-8(2)6-11(10)13(16)17/h8-11H,4-7H2,1-3H3,(H,14,15)(H,16,17)/t8?,9?,10-,11+/m0/s1. The molecule has 0 aromatic rings. The molecule has 2 unspecified atom stereocenters. The van der Waals surface area contributed by atoms with Gasteiger partial charge in [-0.2, -0.15) is 0 Å². The van der Waals surface area contributed by atoms with Gasteiger partial charge in [-0.1, -0.05) is 13.8 Å². The summed E-state index contributed by atoms with van der Waals surface area (Å²) in [4.78, 5) is 23.3. The minimum Gasteiger partial charge on any atom is -0.481 e. The van der Waals surface area contributed by atoms with Gasteiger partial charge in [0.05, 0.1) is 24.5 Å². The summed E-state index contributed by atoms with van der Waals surface area (Å²) in [6.45, 7) is 4.42. The van der Waals surface area contributed by atoms with E-state index in [9.17, 15) is 9.59 Å². The van der Waals surface area contributed by atoms with Crippen LogP contribution >= 0.6 is 0 Å². The first-order valence-corrected chi connectivity index (χ1v) is 6.51. The summed E-state index contributed by atoms with van der Waals surface area (Å²) in [6.07, 6.45) is 2.03. The number of carbonyl (C=O) groups is 2. The van der Waals surface area contributed by atoms with Gasteiger partial charge in [-0.15, -0.1) is 0 Å². The molecule has 5 nitrogen and oxygen atoms in total. The Bertz CT molecular complexity index is 305. The summed E-state index contributed by atoms with van der Waals surface area (Å²) in [5.74, 6) is -1.65. The minimum atomic E-state index is -0.862. The van der Waals surface area contributed by atoms with E-state index in [-0.39, 0.29) is 11.9 Å². The van der Waals surface area contributed by atoms with E-state index in [1.807, 2.05) is 13.8 Å². The number of nitrogens with one attached hydrogen (secondary N) is 1. The number of hydrogen-bond donors (Lipinski definition) is 2. The molecule has 104 valence electrons. The van der Waals surface area contributed by atoms with Crippen LogP contribution in [0.5, 0.6) is 0 Å². The predicted octanol–water partition coefficient (Wildman–Crippen LogP) is 1.27. The second kappa shape index (κ2) is 6.73. The van der Waals surface area contributed by atoms with Gasteiger partial charge in [0.15, 0.2) is 0 Å². The van der Waals surface area contributed by atoms with Crippen molar-refractivity contribution in [1.82, 2.24) is 5.32 Å². The van der Waals surface area contributed by atoms with Crippen molar-refractivity contribution in [3.05, 3.63) is 0 Å². The van der Waals surface area contributed by atoms with Crippen LogP contribution < -0.4 is 5.32 Å². The Morgan fingerprint density at radius 3 is 2.50 bits per heavy atom. The van der Waals surface area contributed by atoms with Gasteiger partial charge in [-0.05, 0) is 25.2 Å². The normalized spacial score (nSPS) is 28.9. The smallest absolute Gasteiger partial charge is 0.307 e. The summed E-state index contributed by atoms with van der Waals surface area (Å²) < 4.78 is 5.02. The van der Waals surface area contributed by atoms with Crippen LogP contribution in [-0.2, 0) is 14.3 Å². The zero-order valence-electron chi connectivity index (χ0n) is 11.3. The third-order valence-electron chi connectivity index (χ3n) is 3.66. The molecule has 1 saturated carbocycles. The molecule has 1 amide bonds. The van der Waals surface area contributed by atoms with E-state index in [1.165, 1.54) is 0 Å². The lowest BCUT2D eigenvalue weighted by molar-refractivity contribution is -0.146. The number of hydrogen-bond acceptors (Lipinski definition) is 3. The first-order chi connectivity index (χ1) is 8.49. The van der Waals surface area contributed by atoms with Gasteiger partial charge in [-0.3, -0.25) is 9.59 Å². The maximum atomic E-state index is 12.1. The summed E-state index contributed by atoms with van der Waals surface area (Å²) in [5, 5.41) is 12.0. The van der Waals surface area contributed by atoms with Gasteiger partial charge in [-0.25, -0.2) is 0 Å². The second-order valence-electron chi connectivity index (χ2n) is 5.20. The van der Waals surface area contributed by atoms with Crippen molar-refractivity contribution in [2.75, 3.05) is 13.7 Å².